The maximum atomic E-state index is 12.1. The number of hydrazine groups is 1. The second-order valence-electron chi connectivity index (χ2n) is 6.88. The van der Waals surface area contributed by atoms with E-state index in [2.05, 4.69) is 26.4 Å². The minimum atomic E-state index is -0.107. The van der Waals surface area contributed by atoms with E-state index in [9.17, 15) is 9.59 Å². The molecule has 136 valence electrons. The molecule has 1 aliphatic carbocycles. The van der Waals surface area contributed by atoms with Crippen LogP contribution >= 0.6 is 11.3 Å². The Morgan fingerprint density at radius 2 is 2.04 bits per heavy atom. The van der Waals surface area contributed by atoms with Crippen molar-refractivity contribution in [2.75, 3.05) is 5.32 Å². The molecule has 26 heavy (non-hydrogen) atoms. The smallest absolute Gasteiger partial charge is 0.237 e. The average Bonchev–Trinajstić information content (AvgIpc) is 3.16. The lowest BCUT2D eigenvalue weighted by Gasteiger charge is -2.41. The van der Waals surface area contributed by atoms with Crippen LogP contribution in [0, 0.1) is 11.8 Å². The summed E-state index contributed by atoms with van der Waals surface area (Å²) in [6.45, 7) is 0. The highest BCUT2D eigenvalue weighted by Crippen LogP contribution is 2.40. The third-order valence-corrected chi connectivity index (χ3v) is 5.85. The predicted octanol–water partition coefficient (Wildman–Crippen LogP) is 2.20. The minimum absolute atomic E-state index is 0.104. The van der Waals surface area contributed by atoms with Crippen LogP contribution in [0.4, 0.5) is 5.13 Å². The van der Waals surface area contributed by atoms with Crippen molar-refractivity contribution in [2.24, 2.45) is 11.8 Å². The topological polar surface area (TPSA) is 96.0 Å². The number of aromatic nitrogens is 2. The van der Waals surface area contributed by atoms with E-state index in [1.807, 2.05) is 24.3 Å². The van der Waals surface area contributed by atoms with Gasteiger partial charge in [-0.3, -0.25) is 15.0 Å². The lowest BCUT2D eigenvalue weighted by atomic mass is 9.72. The van der Waals surface area contributed by atoms with E-state index in [1.165, 1.54) is 17.8 Å². The van der Waals surface area contributed by atoms with Crippen molar-refractivity contribution in [1.29, 1.82) is 0 Å². The molecule has 0 spiro atoms. The van der Waals surface area contributed by atoms with Gasteiger partial charge in [0.15, 0.2) is 0 Å². The summed E-state index contributed by atoms with van der Waals surface area (Å²) in [7, 11) is 0. The number of nitrogens with zero attached hydrogens (tertiary/aromatic N) is 2. The third-order valence-electron chi connectivity index (χ3n) is 5.25. The van der Waals surface area contributed by atoms with Gasteiger partial charge in [-0.05, 0) is 29.9 Å². The second kappa shape index (κ2) is 7.51. The second-order valence-corrected chi connectivity index (χ2v) is 7.71. The zero-order chi connectivity index (χ0) is 17.9. The number of hydrogen-bond acceptors (Lipinski definition) is 6. The zero-order valence-electron chi connectivity index (χ0n) is 14.3. The van der Waals surface area contributed by atoms with Gasteiger partial charge in [0.25, 0.3) is 0 Å². The summed E-state index contributed by atoms with van der Waals surface area (Å²) in [4.78, 5) is 24.1. The Bertz CT molecular complexity index is 777. The van der Waals surface area contributed by atoms with Crippen molar-refractivity contribution in [3.05, 3.63) is 40.9 Å². The highest BCUT2D eigenvalue weighted by atomic mass is 32.1. The Labute approximate surface area is 155 Å². The lowest BCUT2D eigenvalue weighted by molar-refractivity contribution is -0.133. The summed E-state index contributed by atoms with van der Waals surface area (Å²) in [5.74, 6) is 0.456. The number of fused-ring (bicyclic) bond motifs is 1. The Morgan fingerprint density at radius 1 is 1.23 bits per heavy atom. The Kier molecular flexibility index (Phi) is 4.94. The fourth-order valence-electron chi connectivity index (χ4n) is 3.98. The van der Waals surface area contributed by atoms with Gasteiger partial charge in [-0.2, -0.15) is 0 Å². The molecule has 2 aliphatic rings. The molecule has 2 amide bonds. The number of carbonyl (C=O) groups is 2. The van der Waals surface area contributed by atoms with Gasteiger partial charge in [0.2, 0.25) is 16.9 Å². The molecule has 0 radical (unpaired) electrons. The van der Waals surface area contributed by atoms with Gasteiger partial charge in [0.1, 0.15) is 5.51 Å². The highest BCUT2D eigenvalue weighted by molar-refractivity contribution is 7.13. The molecular formula is C18H21N5O2S. The van der Waals surface area contributed by atoms with Crippen LogP contribution in [-0.2, 0) is 16.0 Å². The van der Waals surface area contributed by atoms with Crippen molar-refractivity contribution in [1.82, 2.24) is 21.0 Å². The maximum absolute atomic E-state index is 12.1. The van der Waals surface area contributed by atoms with Gasteiger partial charge in [-0.15, -0.1) is 10.2 Å². The van der Waals surface area contributed by atoms with Crippen LogP contribution in [0.25, 0.3) is 0 Å². The first-order chi connectivity index (χ1) is 12.7. The van der Waals surface area contributed by atoms with E-state index >= 15 is 0 Å². The van der Waals surface area contributed by atoms with E-state index in [0.29, 0.717) is 17.5 Å². The van der Waals surface area contributed by atoms with Gasteiger partial charge < -0.3 is 5.32 Å². The SMILES string of the molecule is O=C(Cc1ccc(C2NNC(=O)C3CCCCC32)cc1)Nc1nncs1. The summed E-state index contributed by atoms with van der Waals surface area (Å²) in [5.41, 5.74) is 9.69. The zero-order valence-corrected chi connectivity index (χ0v) is 15.1. The summed E-state index contributed by atoms with van der Waals surface area (Å²) in [6.07, 6.45) is 4.64. The molecule has 7 nitrogen and oxygen atoms in total. The molecule has 4 rings (SSSR count). The van der Waals surface area contributed by atoms with Crippen LogP contribution in [0.1, 0.15) is 42.9 Å². The number of nitrogens with one attached hydrogen (secondary N) is 3. The Hall–Kier alpha value is -2.32. The summed E-state index contributed by atoms with van der Waals surface area (Å²) in [5, 5.41) is 10.8. The van der Waals surface area contributed by atoms with Gasteiger partial charge >= 0.3 is 0 Å². The standard InChI is InChI=1S/C18H21N5O2S/c24-15(20-18-23-19-10-26-18)9-11-5-7-12(8-6-11)16-13-3-1-2-4-14(13)17(25)22-21-16/h5-8,10,13-14,16,21H,1-4,9H2,(H,22,25)(H,20,23,24). The van der Waals surface area contributed by atoms with Crippen LogP contribution in [0.5, 0.6) is 0 Å². The molecule has 3 unspecified atom stereocenters. The van der Waals surface area contributed by atoms with Crippen molar-refractivity contribution < 1.29 is 9.59 Å². The molecule has 1 aromatic carbocycles. The van der Waals surface area contributed by atoms with Crippen LogP contribution in [0.15, 0.2) is 29.8 Å². The maximum Gasteiger partial charge on any atom is 0.237 e. The van der Waals surface area contributed by atoms with E-state index < -0.39 is 0 Å². The quantitative estimate of drug-likeness (QED) is 0.766. The minimum Gasteiger partial charge on any atom is -0.300 e. The highest BCUT2D eigenvalue weighted by Gasteiger charge is 2.40. The molecule has 8 heteroatoms. The van der Waals surface area contributed by atoms with Crippen LogP contribution in [0.2, 0.25) is 0 Å². The first-order valence-electron chi connectivity index (χ1n) is 8.91. The molecule has 3 N–H and O–H groups in total. The van der Waals surface area contributed by atoms with Crippen LogP contribution in [-0.4, -0.2) is 22.0 Å². The average molecular weight is 371 g/mol. The molecular weight excluding hydrogens is 350 g/mol. The number of benzene rings is 1. The van der Waals surface area contributed by atoms with Crippen LogP contribution < -0.4 is 16.2 Å². The fraction of sp³-hybridized carbons (Fsp3) is 0.444. The number of rotatable bonds is 4. The molecule has 2 aromatic rings. The van der Waals surface area contributed by atoms with Gasteiger partial charge in [-0.25, -0.2) is 5.43 Å². The Morgan fingerprint density at radius 3 is 2.81 bits per heavy atom. The Balaban J connectivity index is 1.42. The van der Waals surface area contributed by atoms with Crippen molar-refractivity contribution in [2.45, 2.75) is 38.1 Å². The molecule has 3 atom stereocenters. The van der Waals surface area contributed by atoms with Gasteiger partial charge in [0, 0.05) is 5.92 Å². The summed E-state index contributed by atoms with van der Waals surface area (Å²) < 4.78 is 0. The predicted molar refractivity (Wildman–Crippen MR) is 98.2 cm³/mol. The molecule has 2 fully saturated rings. The number of hydrogen-bond donors (Lipinski definition) is 3. The van der Waals surface area contributed by atoms with E-state index in [-0.39, 0.29) is 23.8 Å². The van der Waals surface area contributed by atoms with Crippen molar-refractivity contribution >= 4 is 28.3 Å². The molecule has 1 aromatic heterocycles. The first kappa shape index (κ1) is 17.1. The number of amides is 2. The molecule has 1 saturated heterocycles. The van der Waals surface area contributed by atoms with Crippen molar-refractivity contribution in [3.63, 3.8) is 0 Å². The fourth-order valence-corrected chi connectivity index (χ4v) is 4.44. The monoisotopic (exact) mass is 371 g/mol. The first-order valence-corrected chi connectivity index (χ1v) is 9.79. The van der Waals surface area contributed by atoms with Gasteiger partial charge in [-0.1, -0.05) is 48.4 Å². The number of carbonyl (C=O) groups excluding carboxylic acids is 2. The molecule has 2 heterocycles. The molecule has 1 aliphatic heterocycles. The molecule has 1 saturated carbocycles. The third kappa shape index (κ3) is 3.61. The normalized spacial score (nSPS) is 25.2. The number of anilines is 1. The van der Waals surface area contributed by atoms with Crippen molar-refractivity contribution in [3.8, 4) is 0 Å². The van der Waals surface area contributed by atoms with E-state index in [4.69, 9.17) is 0 Å². The largest absolute Gasteiger partial charge is 0.300 e. The summed E-state index contributed by atoms with van der Waals surface area (Å²) in [6, 6.07) is 8.18. The van der Waals surface area contributed by atoms with Crippen LogP contribution in [0.3, 0.4) is 0 Å². The van der Waals surface area contributed by atoms with E-state index in [0.717, 1.165) is 30.4 Å². The van der Waals surface area contributed by atoms with E-state index in [1.54, 1.807) is 5.51 Å². The summed E-state index contributed by atoms with van der Waals surface area (Å²) >= 11 is 1.30. The lowest BCUT2D eigenvalue weighted by Crippen LogP contribution is -2.55. The van der Waals surface area contributed by atoms with Gasteiger partial charge in [0.05, 0.1) is 12.5 Å². The molecule has 0 bridgehead atoms.